The van der Waals surface area contributed by atoms with Gasteiger partial charge in [0.2, 0.25) is 0 Å². The van der Waals surface area contributed by atoms with Crippen molar-refractivity contribution in [3.63, 3.8) is 0 Å². The van der Waals surface area contributed by atoms with Crippen LogP contribution in [0.5, 0.6) is 0 Å². The van der Waals surface area contributed by atoms with E-state index in [1.54, 1.807) is 36.5 Å². The predicted molar refractivity (Wildman–Crippen MR) is 104 cm³/mol. The van der Waals surface area contributed by atoms with Crippen LogP contribution in [0, 0.1) is 18.3 Å². The minimum Gasteiger partial charge on any atom is -0.331 e. The average molecular weight is 408 g/mol. The Morgan fingerprint density at radius 1 is 1.23 bits per heavy atom. The normalized spacial score (nSPS) is 14.7. The van der Waals surface area contributed by atoms with Crippen LogP contribution >= 0.6 is 34.8 Å². The molecule has 1 N–H and O–H groups in total. The number of halogens is 3. The summed E-state index contributed by atoms with van der Waals surface area (Å²) in [4.78, 5) is 12.0. The Labute approximate surface area is 165 Å². The number of carbonyl (C=O) groups excluding carboxylic acids is 1. The zero-order valence-corrected chi connectivity index (χ0v) is 15.9. The highest BCUT2D eigenvalue weighted by atomic mass is 35.5. The lowest BCUT2D eigenvalue weighted by atomic mass is 9.89. The molecule has 0 spiro atoms. The van der Waals surface area contributed by atoms with Gasteiger partial charge in [0.1, 0.15) is 0 Å². The van der Waals surface area contributed by atoms with Crippen LogP contribution in [0.2, 0.25) is 15.1 Å². The van der Waals surface area contributed by atoms with E-state index < -0.39 is 5.92 Å². The number of benzene rings is 2. The second-order valence-electron chi connectivity index (χ2n) is 5.68. The topological polar surface area (TPSA) is 68.5 Å². The molecule has 5 nitrogen and oxygen atoms in total. The van der Waals surface area contributed by atoms with Crippen LogP contribution in [0.1, 0.15) is 22.6 Å². The van der Waals surface area contributed by atoms with Crippen molar-refractivity contribution in [2.75, 3.05) is 11.6 Å². The lowest BCUT2D eigenvalue weighted by Crippen LogP contribution is -2.41. The Morgan fingerprint density at radius 3 is 2.62 bits per heavy atom. The maximum Gasteiger partial charge on any atom is 0.342 e. The molecule has 0 saturated carbocycles. The average Bonchev–Trinajstić information content (AvgIpc) is 2.59. The molecule has 1 aliphatic heterocycles. The van der Waals surface area contributed by atoms with Crippen molar-refractivity contribution in [1.29, 1.82) is 5.26 Å². The Morgan fingerprint density at radius 2 is 2.00 bits per heavy atom. The maximum atomic E-state index is 12.0. The number of hydrazone groups is 1. The molecule has 2 aromatic carbocycles. The second-order valence-corrected chi connectivity index (χ2v) is 6.93. The predicted octanol–water partition coefficient (Wildman–Crippen LogP) is 5.13. The van der Waals surface area contributed by atoms with E-state index in [2.05, 4.69) is 16.5 Å². The molecule has 0 aromatic heterocycles. The van der Waals surface area contributed by atoms with Crippen LogP contribution in [0.4, 0.5) is 10.5 Å². The standard InChI is InChI=1S/C18H13Cl3N4O/c1-10-6-12(25-18(26)23-4-5-24-25)8-16(21)17(10)14(9-22)13-3-2-11(19)7-15(13)20/h2-3,5-8,14H,4H2,1H3,(H,23,26). The molecule has 0 fully saturated rings. The van der Waals surface area contributed by atoms with Gasteiger partial charge in [-0.1, -0.05) is 40.9 Å². The van der Waals surface area contributed by atoms with E-state index in [0.717, 1.165) is 5.56 Å². The fraction of sp³-hybridized carbons (Fsp3) is 0.167. The van der Waals surface area contributed by atoms with E-state index in [1.165, 1.54) is 5.01 Å². The summed E-state index contributed by atoms with van der Waals surface area (Å²) >= 11 is 18.7. The number of amides is 2. The van der Waals surface area contributed by atoms with Crippen molar-refractivity contribution in [2.45, 2.75) is 12.8 Å². The molecule has 1 atom stereocenters. The van der Waals surface area contributed by atoms with Crippen molar-refractivity contribution < 1.29 is 4.79 Å². The van der Waals surface area contributed by atoms with Crippen LogP contribution in [0.15, 0.2) is 35.4 Å². The summed E-state index contributed by atoms with van der Waals surface area (Å²) in [5, 5.41) is 18.9. The lowest BCUT2D eigenvalue weighted by molar-refractivity contribution is 0.247. The highest BCUT2D eigenvalue weighted by molar-refractivity contribution is 6.35. The van der Waals surface area contributed by atoms with Gasteiger partial charge in [0, 0.05) is 21.3 Å². The van der Waals surface area contributed by atoms with Gasteiger partial charge < -0.3 is 5.32 Å². The highest BCUT2D eigenvalue weighted by Crippen LogP contribution is 2.38. The number of nitriles is 1. The van der Waals surface area contributed by atoms with E-state index in [-0.39, 0.29) is 6.03 Å². The molecule has 1 unspecified atom stereocenters. The number of anilines is 1. The molecule has 3 rings (SSSR count). The largest absolute Gasteiger partial charge is 0.342 e. The zero-order chi connectivity index (χ0) is 18.8. The van der Waals surface area contributed by atoms with Crippen LogP contribution in [0.25, 0.3) is 0 Å². The van der Waals surface area contributed by atoms with E-state index in [4.69, 9.17) is 34.8 Å². The molecule has 26 heavy (non-hydrogen) atoms. The summed E-state index contributed by atoms with van der Waals surface area (Å²) in [6, 6.07) is 10.3. The first kappa shape index (κ1) is 18.5. The van der Waals surface area contributed by atoms with E-state index in [9.17, 15) is 10.1 Å². The first-order valence-corrected chi connectivity index (χ1v) is 8.80. The van der Waals surface area contributed by atoms with Gasteiger partial charge in [-0.15, -0.1) is 0 Å². The van der Waals surface area contributed by atoms with E-state index in [0.29, 0.717) is 38.4 Å². The van der Waals surface area contributed by atoms with Crippen molar-refractivity contribution in [2.24, 2.45) is 5.10 Å². The van der Waals surface area contributed by atoms with Gasteiger partial charge in [-0.05, 0) is 47.9 Å². The second kappa shape index (κ2) is 7.55. The van der Waals surface area contributed by atoms with Gasteiger partial charge in [-0.25, -0.2) is 4.79 Å². The minimum absolute atomic E-state index is 0.340. The Hall–Kier alpha value is -2.26. The Balaban J connectivity index is 2.07. The highest BCUT2D eigenvalue weighted by Gasteiger charge is 2.25. The zero-order valence-electron chi connectivity index (χ0n) is 13.6. The molecule has 1 heterocycles. The number of nitrogens with zero attached hydrogens (tertiary/aromatic N) is 3. The van der Waals surface area contributed by atoms with Gasteiger partial charge in [0.05, 0.1) is 24.2 Å². The van der Waals surface area contributed by atoms with Crippen molar-refractivity contribution in [3.05, 3.63) is 62.1 Å². The smallest absolute Gasteiger partial charge is 0.331 e. The summed E-state index contributed by atoms with van der Waals surface area (Å²) in [6.45, 7) is 2.20. The molecule has 8 heteroatoms. The third-order valence-electron chi connectivity index (χ3n) is 3.99. The quantitative estimate of drug-likeness (QED) is 0.766. The number of urea groups is 1. The number of rotatable bonds is 3. The Kier molecular flexibility index (Phi) is 5.38. The van der Waals surface area contributed by atoms with E-state index in [1.807, 2.05) is 6.92 Å². The number of aryl methyl sites for hydroxylation is 1. The summed E-state index contributed by atoms with van der Waals surface area (Å²) in [7, 11) is 0. The summed E-state index contributed by atoms with van der Waals surface area (Å²) < 4.78 is 0. The molecule has 0 aliphatic carbocycles. The van der Waals surface area contributed by atoms with Crippen LogP contribution < -0.4 is 10.3 Å². The Bertz CT molecular complexity index is 929. The monoisotopic (exact) mass is 406 g/mol. The first-order valence-electron chi connectivity index (χ1n) is 7.67. The van der Waals surface area contributed by atoms with Crippen LogP contribution in [-0.4, -0.2) is 18.8 Å². The van der Waals surface area contributed by atoms with Crippen molar-refractivity contribution in [1.82, 2.24) is 5.32 Å². The van der Waals surface area contributed by atoms with E-state index >= 15 is 0 Å². The maximum absolute atomic E-state index is 12.0. The number of hydrogen-bond acceptors (Lipinski definition) is 3. The van der Waals surface area contributed by atoms with Gasteiger partial charge in [0.15, 0.2) is 0 Å². The number of carbonyl (C=O) groups is 1. The van der Waals surface area contributed by atoms with Crippen LogP contribution in [-0.2, 0) is 0 Å². The molecular formula is C18H13Cl3N4O. The summed E-state index contributed by atoms with van der Waals surface area (Å²) in [6.07, 6.45) is 1.59. The fourth-order valence-electron chi connectivity index (χ4n) is 2.82. The number of hydrogen-bond donors (Lipinski definition) is 1. The molecule has 2 amide bonds. The summed E-state index contributed by atoms with van der Waals surface area (Å²) in [5.74, 6) is -0.667. The fourth-order valence-corrected chi connectivity index (χ4v) is 3.70. The molecule has 0 radical (unpaired) electrons. The minimum atomic E-state index is -0.667. The summed E-state index contributed by atoms with van der Waals surface area (Å²) in [5.41, 5.74) is 2.51. The third kappa shape index (κ3) is 3.49. The molecule has 132 valence electrons. The molecule has 1 aliphatic rings. The van der Waals surface area contributed by atoms with Crippen molar-refractivity contribution in [3.8, 4) is 6.07 Å². The number of nitrogens with one attached hydrogen (secondary N) is 1. The molecule has 2 aromatic rings. The van der Waals surface area contributed by atoms with Crippen LogP contribution in [0.3, 0.4) is 0 Å². The van der Waals surface area contributed by atoms with Gasteiger partial charge >= 0.3 is 6.03 Å². The molecule has 0 saturated heterocycles. The molecule has 0 bridgehead atoms. The molecular weight excluding hydrogens is 395 g/mol. The first-order chi connectivity index (χ1) is 12.4. The van der Waals surface area contributed by atoms with Gasteiger partial charge in [-0.3, -0.25) is 0 Å². The van der Waals surface area contributed by atoms with Gasteiger partial charge in [-0.2, -0.15) is 15.4 Å². The SMILES string of the molecule is Cc1cc(N2N=CCNC2=O)cc(Cl)c1C(C#N)c1ccc(Cl)cc1Cl. The van der Waals surface area contributed by atoms with Gasteiger partial charge in [0.25, 0.3) is 0 Å². The lowest BCUT2D eigenvalue weighted by Gasteiger charge is -2.23. The third-order valence-corrected chi connectivity index (χ3v) is 4.87. The van der Waals surface area contributed by atoms with Crippen molar-refractivity contribution >= 4 is 52.7 Å².